The molecule has 0 aromatic carbocycles. The molecule has 4 nitrogen and oxygen atoms in total. The summed E-state index contributed by atoms with van der Waals surface area (Å²) in [5.74, 6) is 0.760. The van der Waals surface area contributed by atoms with Crippen molar-refractivity contribution in [2.24, 2.45) is 5.92 Å². The summed E-state index contributed by atoms with van der Waals surface area (Å²) in [6.45, 7) is 3.34. The van der Waals surface area contributed by atoms with Crippen molar-refractivity contribution in [2.45, 2.75) is 19.4 Å². The van der Waals surface area contributed by atoms with Crippen molar-refractivity contribution in [2.75, 3.05) is 13.1 Å². The van der Waals surface area contributed by atoms with Crippen LogP contribution < -0.4 is 5.32 Å². The molecule has 0 radical (unpaired) electrons. The second kappa shape index (κ2) is 5.31. The van der Waals surface area contributed by atoms with E-state index in [1.54, 1.807) is 6.20 Å². The molecule has 0 aliphatic carbocycles. The van der Waals surface area contributed by atoms with E-state index < -0.39 is 0 Å². The first kappa shape index (κ1) is 11.4. The minimum absolute atomic E-state index is 0.760. The molecule has 1 aliphatic heterocycles. The molecule has 18 heavy (non-hydrogen) atoms. The highest BCUT2D eigenvalue weighted by atomic mass is 15.0. The minimum Gasteiger partial charge on any atom is -0.330 e. The molecule has 1 fully saturated rings. The fourth-order valence-electron chi connectivity index (χ4n) is 2.56. The Bertz CT molecular complexity index is 486. The van der Waals surface area contributed by atoms with Crippen LogP contribution in [0.15, 0.2) is 37.1 Å². The Kier molecular flexibility index (Phi) is 3.37. The lowest BCUT2D eigenvalue weighted by Gasteiger charge is -2.23. The highest BCUT2D eigenvalue weighted by molar-refractivity contribution is 5.57. The molecule has 1 aliphatic rings. The van der Waals surface area contributed by atoms with Gasteiger partial charge >= 0.3 is 0 Å². The third kappa shape index (κ3) is 2.43. The second-order valence-electron chi connectivity index (χ2n) is 4.87. The molecule has 94 valence electrons. The van der Waals surface area contributed by atoms with Crippen LogP contribution in [-0.2, 0) is 6.54 Å². The van der Waals surface area contributed by atoms with E-state index in [2.05, 4.69) is 25.9 Å². The summed E-state index contributed by atoms with van der Waals surface area (Å²) in [6, 6.07) is 4.06. The molecule has 2 aromatic heterocycles. The van der Waals surface area contributed by atoms with Crippen molar-refractivity contribution in [1.82, 2.24) is 19.9 Å². The fourth-order valence-corrected chi connectivity index (χ4v) is 2.56. The van der Waals surface area contributed by atoms with Crippen molar-refractivity contribution in [3.8, 4) is 11.3 Å². The van der Waals surface area contributed by atoms with Gasteiger partial charge in [-0.05, 0) is 44.0 Å². The molecule has 0 amide bonds. The van der Waals surface area contributed by atoms with Gasteiger partial charge in [-0.25, -0.2) is 4.98 Å². The van der Waals surface area contributed by atoms with Crippen LogP contribution in [-0.4, -0.2) is 27.6 Å². The van der Waals surface area contributed by atoms with Gasteiger partial charge in [-0.3, -0.25) is 4.98 Å². The van der Waals surface area contributed by atoms with E-state index in [0.717, 1.165) is 31.1 Å². The van der Waals surface area contributed by atoms with Gasteiger partial charge in [-0.15, -0.1) is 0 Å². The largest absolute Gasteiger partial charge is 0.330 e. The Morgan fingerprint density at radius 3 is 2.89 bits per heavy atom. The molecule has 0 saturated carbocycles. The standard InChI is InChI=1S/C14H18N4/c1-2-13(8-16-5-1)14-9-17-11-18(14)10-12-3-6-15-7-4-12/h1-2,5,8-9,11-12,15H,3-4,6-7,10H2. The average Bonchev–Trinajstić information content (AvgIpc) is 2.89. The summed E-state index contributed by atoms with van der Waals surface area (Å²) in [5.41, 5.74) is 2.31. The summed E-state index contributed by atoms with van der Waals surface area (Å²) in [4.78, 5) is 8.46. The summed E-state index contributed by atoms with van der Waals surface area (Å²) >= 11 is 0. The first-order valence-corrected chi connectivity index (χ1v) is 6.55. The number of pyridine rings is 1. The second-order valence-corrected chi connectivity index (χ2v) is 4.87. The van der Waals surface area contributed by atoms with Crippen molar-refractivity contribution < 1.29 is 0 Å². The molecule has 0 spiro atoms. The van der Waals surface area contributed by atoms with E-state index in [9.17, 15) is 0 Å². The first-order chi connectivity index (χ1) is 8.93. The Labute approximate surface area is 107 Å². The molecule has 3 heterocycles. The highest BCUT2D eigenvalue weighted by Gasteiger charge is 2.15. The van der Waals surface area contributed by atoms with Crippen LogP contribution in [0.1, 0.15) is 12.8 Å². The quantitative estimate of drug-likeness (QED) is 0.894. The smallest absolute Gasteiger partial charge is 0.0951 e. The Morgan fingerprint density at radius 1 is 1.22 bits per heavy atom. The van der Waals surface area contributed by atoms with E-state index >= 15 is 0 Å². The third-order valence-electron chi connectivity index (χ3n) is 3.58. The van der Waals surface area contributed by atoms with Gasteiger partial charge < -0.3 is 9.88 Å². The van der Waals surface area contributed by atoms with E-state index in [4.69, 9.17) is 0 Å². The van der Waals surface area contributed by atoms with Crippen LogP contribution in [0.2, 0.25) is 0 Å². The van der Waals surface area contributed by atoms with E-state index in [1.165, 1.54) is 18.5 Å². The molecule has 1 N–H and O–H groups in total. The number of hydrogen-bond acceptors (Lipinski definition) is 3. The molecular weight excluding hydrogens is 224 g/mol. The lowest BCUT2D eigenvalue weighted by molar-refractivity contribution is 0.334. The van der Waals surface area contributed by atoms with Crippen molar-refractivity contribution in [3.63, 3.8) is 0 Å². The third-order valence-corrected chi connectivity index (χ3v) is 3.58. The number of imidazole rings is 1. The molecule has 0 bridgehead atoms. The van der Waals surface area contributed by atoms with Gasteiger partial charge in [0.2, 0.25) is 0 Å². The summed E-state index contributed by atoms with van der Waals surface area (Å²) in [7, 11) is 0. The maximum Gasteiger partial charge on any atom is 0.0951 e. The van der Waals surface area contributed by atoms with Crippen molar-refractivity contribution >= 4 is 0 Å². The molecule has 1 saturated heterocycles. The maximum absolute atomic E-state index is 4.28. The van der Waals surface area contributed by atoms with E-state index in [-0.39, 0.29) is 0 Å². The van der Waals surface area contributed by atoms with Gasteiger partial charge in [0.1, 0.15) is 0 Å². The Hall–Kier alpha value is -1.68. The lowest BCUT2D eigenvalue weighted by Crippen LogP contribution is -2.29. The van der Waals surface area contributed by atoms with Gasteiger partial charge in [0.25, 0.3) is 0 Å². The number of hydrogen-bond donors (Lipinski definition) is 1. The van der Waals surface area contributed by atoms with Crippen LogP contribution in [0.3, 0.4) is 0 Å². The van der Waals surface area contributed by atoms with Gasteiger partial charge in [0.05, 0.1) is 18.2 Å². The molecule has 4 heteroatoms. The normalized spacial score (nSPS) is 16.9. The van der Waals surface area contributed by atoms with Crippen LogP contribution in [0.4, 0.5) is 0 Å². The van der Waals surface area contributed by atoms with Gasteiger partial charge in [-0.2, -0.15) is 0 Å². The molecule has 3 rings (SSSR count). The van der Waals surface area contributed by atoms with Crippen molar-refractivity contribution in [3.05, 3.63) is 37.1 Å². The number of piperidine rings is 1. The fraction of sp³-hybridized carbons (Fsp3) is 0.429. The molecule has 0 atom stereocenters. The molecule has 2 aromatic rings. The minimum atomic E-state index is 0.760. The summed E-state index contributed by atoms with van der Waals surface area (Å²) < 4.78 is 2.26. The number of rotatable bonds is 3. The maximum atomic E-state index is 4.28. The summed E-state index contributed by atoms with van der Waals surface area (Å²) in [6.07, 6.45) is 10.1. The predicted octanol–water partition coefficient (Wildman–Crippen LogP) is 1.94. The topological polar surface area (TPSA) is 42.7 Å². The Balaban J connectivity index is 1.79. The number of nitrogens with zero attached hydrogens (tertiary/aromatic N) is 3. The molecular formula is C14H18N4. The predicted molar refractivity (Wildman–Crippen MR) is 71.1 cm³/mol. The van der Waals surface area contributed by atoms with E-state index in [1.807, 2.05) is 24.8 Å². The number of aromatic nitrogens is 3. The molecule has 0 unspecified atom stereocenters. The van der Waals surface area contributed by atoms with Crippen LogP contribution in [0, 0.1) is 5.92 Å². The Morgan fingerprint density at radius 2 is 2.11 bits per heavy atom. The average molecular weight is 242 g/mol. The number of nitrogens with one attached hydrogen (secondary N) is 1. The van der Waals surface area contributed by atoms with Gasteiger partial charge in [0, 0.05) is 24.5 Å². The van der Waals surface area contributed by atoms with Crippen molar-refractivity contribution in [1.29, 1.82) is 0 Å². The van der Waals surface area contributed by atoms with Crippen LogP contribution >= 0.6 is 0 Å². The van der Waals surface area contributed by atoms with Crippen LogP contribution in [0.5, 0.6) is 0 Å². The SMILES string of the molecule is c1cncc(-c2cncn2CC2CCNCC2)c1. The zero-order valence-electron chi connectivity index (χ0n) is 10.4. The van der Waals surface area contributed by atoms with Crippen LogP contribution in [0.25, 0.3) is 11.3 Å². The zero-order valence-corrected chi connectivity index (χ0v) is 10.4. The van der Waals surface area contributed by atoms with E-state index in [0.29, 0.717) is 0 Å². The lowest BCUT2D eigenvalue weighted by atomic mass is 9.98. The van der Waals surface area contributed by atoms with Gasteiger partial charge in [0.15, 0.2) is 0 Å². The zero-order chi connectivity index (χ0) is 12.2. The summed E-state index contributed by atoms with van der Waals surface area (Å²) in [5, 5.41) is 3.41. The highest BCUT2D eigenvalue weighted by Crippen LogP contribution is 2.21. The van der Waals surface area contributed by atoms with Gasteiger partial charge in [-0.1, -0.05) is 0 Å². The monoisotopic (exact) mass is 242 g/mol. The first-order valence-electron chi connectivity index (χ1n) is 6.55.